The van der Waals surface area contributed by atoms with E-state index in [0.29, 0.717) is 5.41 Å². The Hall–Kier alpha value is -1.02. The van der Waals surface area contributed by atoms with Crippen LogP contribution in [0.4, 0.5) is 5.69 Å². The standard InChI is InChI=1S/C16H25NO/c1-4-16(5-2)8-9-17(12-16)15-7-6-13(3)10-14(15)11-18/h6-7,10,18H,4-5,8-9,11-12H2,1-3H3. The SMILES string of the molecule is CCC1(CC)CCN(c2ccc(C)cc2CO)C1. The molecule has 1 fully saturated rings. The van der Waals surface area contributed by atoms with Gasteiger partial charge in [-0.25, -0.2) is 0 Å². The van der Waals surface area contributed by atoms with E-state index >= 15 is 0 Å². The number of rotatable bonds is 4. The van der Waals surface area contributed by atoms with Gasteiger partial charge in [-0.15, -0.1) is 0 Å². The molecule has 1 aliphatic rings. The van der Waals surface area contributed by atoms with Crippen LogP contribution in [0.3, 0.4) is 0 Å². The second-order valence-corrected chi connectivity index (χ2v) is 5.67. The molecule has 1 heterocycles. The molecule has 0 bridgehead atoms. The Morgan fingerprint density at radius 1 is 1.28 bits per heavy atom. The Labute approximate surface area is 111 Å². The number of aliphatic hydroxyl groups excluding tert-OH is 1. The third-order valence-corrected chi connectivity index (χ3v) is 4.68. The summed E-state index contributed by atoms with van der Waals surface area (Å²) in [6.45, 7) is 9.08. The van der Waals surface area contributed by atoms with Gasteiger partial charge in [-0.3, -0.25) is 0 Å². The lowest BCUT2D eigenvalue weighted by Gasteiger charge is -2.28. The van der Waals surface area contributed by atoms with Crippen LogP contribution in [-0.4, -0.2) is 18.2 Å². The lowest BCUT2D eigenvalue weighted by Crippen LogP contribution is -2.26. The van der Waals surface area contributed by atoms with Gasteiger partial charge in [0.05, 0.1) is 6.61 Å². The summed E-state index contributed by atoms with van der Waals surface area (Å²) in [5, 5.41) is 9.52. The van der Waals surface area contributed by atoms with Crippen LogP contribution in [0.1, 0.15) is 44.2 Å². The molecule has 1 aromatic carbocycles. The van der Waals surface area contributed by atoms with Gasteiger partial charge in [-0.05, 0) is 37.7 Å². The Bertz CT molecular complexity index is 410. The molecule has 1 aliphatic heterocycles. The second kappa shape index (κ2) is 5.31. The van der Waals surface area contributed by atoms with Crippen molar-refractivity contribution in [3.05, 3.63) is 29.3 Å². The van der Waals surface area contributed by atoms with Crippen LogP contribution >= 0.6 is 0 Å². The first-order valence-electron chi connectivity index (χ1n) is 7.09. The Morgan fingerprint density at radius 2 is 2.00 bits per heavy atom. The molecule has 0 aromatic heterocycles. The number of benzene rings is 1. The van der Waals surface area contributed by atoms with Crippen LogP contribution in [0.15, 0.2) is 18.2 Å². The van der Waals surface area contributed by atoms with Gasteiger partial charge in [0.25, 0.3) is 0 Å². The number of hydrogen-bond acceptors (Lipinski definition) is 2. The van der Waals surface area contributed by atoms with Crippen LogP contribution < -0.4 is 4.90 Å². The average Bonchev–Trinajstić information content (AvgIpc) is 2.83. The van der Waals surface area contributed by atoms with Crippen molar-refractivity contribution in [2.45, 2.75) is 46.6 Å². The molecule has 0 spiro atoms. The first kappa shape index (κ1) is 13.4. The molecule has 0 unspecified atom stereocenters. The second-order valence-electron chi connectivity index (χ2n) is 5.67. The molecule has 0 radical (unpaired) electrons. The van der Waals surface area contributed by atoms with Crippen molar-refractivity contribution in [2.24, 2.45) is 5.41 Å². The highest BCUT2D eigenvalue weighted by atomic mass is 16.3. The summed E-state index contributed by atoms with van der Waals surface area (Å²) in [7, 11) is 0. The van der Waals surface area contributed by atoms with Gasteiger partial charge in [0, 0.05) is 24.3 Å². The molecule has 1 saturated heterocycles. The largest absolute Gasteiger partial charge is 0.392 e. The van der Waals surface area contributed by atoms with Gasteiger partial charge in [0.1, 0.15) is 0 Å². The molecule has 2 rings (SSSR count). The van der Waals surface area contributed by atoms with Gasteiger partial charge < -0.3 is 10.0 Å². The van der Waals surface area contributed by atoms with Crippen LogP contribution in [0, 0.1) is 12.3 Å². The van der Waals surface area contributed by atoms with E-state index in [-0.39, 0.29) is 6.61 Å². The summed E-state index contributed by atoms with van der Waals surface area (Å²) < 4.78 is 0. The predicted octanol–water partition coefficient (Wildman–Crippen LogP) is 3.50. The summed E-state index contributed by atoms with van der Waals surface area (Å²) in [5.74, 6) is 0. The molecular weight excluding hydrogens is 222 g/mol. The molecule has 1 N–H and O–H groups in total. The summed E-state index contributed by atoms with van der Waals surface area (Å²) in [6, 6.07) is 6.42. The van der Waals surface area contributed by atoms with Crippen molar-refractivity contribution < 1.29 is 5.11 Å². The van der Waals surface area contributed by atoms with Gasteiger partial charge in [0.2, 0.25) is 0 Å². The smallest absolute Gasteiger partial charge is 0.0702 e. The predicted molar refractivity (Wildman–Crippen MR) is 76.9 cm³/mol. The minimum Gasteiger partial charge on any atom is -0.392 e. The number of hydrogen-bond donors (Lipinski definition) is 1. The lowest BCUT2D eigenvalue weighted by molar-refractivity contribution is 0.281. The van der Waals surface area contributed by atoms with Crippen molar-refractivity contribution in [1.82, 2.24) is 0 Å². The molecule has 18 heavy (non-hydrogen) atoms. The van der Waals surface area contributed by atoms with Gasteiger partial charge in [-0.1, -0.05) is 31.5 Å². The quantitative estimate of drug-likeness (QED) is 0.880. The summed E-state index contributed by atoms with van der Waals surface area (Å²) >= 11 is 0. The molecule has 1 aromatic rings. The Morgan fingerprint density at radius 3 is 2.56 bits per heavy atom. The van der Waals surface area contributed by atoms with Crippen molar-refractivity contribution in [2.75, 3.05) is 18.0 Å². The van der Waals surface area contributed by atoms with E-state index in [1.807, 2.05) is 0 Å². The van der Waals surface area contributed by atoms with Crippen molar-refractivity contribution in [3.8, 4) is 0 Å². The maximum atomic E-state index is 9.52. The molecule has 0 saturated carbocycles. The number of aliphatic hydroxyl groups is 1. The molecule has 0 amide bonds. The number of aryl methyl sites for hydroxylation is 1. The lowest BCUT2D eigenvalue weighted by atomic mass is 9.82. The zero-order chi connectivity index (χ0) is 13.2. The normalized spacial score (nSPS) is 18.3. The fourth-order valence-corrected chi connectivity index (χ4v) is 3.12. The third-order valence-electron chi connectivity index (χ3n) is 4.68. The fraction of sp³-hybridized carbons (Fsp3) is 0.625. The highest BCUT2D eigenvalue weighted by Crippen LogP contribution is 2.39. The minimum absolute atomic E-state index is 0.138. The first-order valence-corrected chi connectivity index (χ1v) is 7.09. The van der Waals surface area contributed by atoms with E-state index in [9.17, 15) is 5.11 Å². The third kappa shape index (κ3) is 2.39. The van der Waals surface area contributed by atoms with Gasteiger partial charge >= 0.3 is 0 Å². The molecule has 2 heteroatoms. The van der Waals surface area contributed by atoms with Crippen LogP contribution in [0.2, 0.25) is 0 Å². The van der Waals surface area contributed by atoms with E-state index in [0.717, 1.165) is 18.7 Å². The van der Waals surface area contributed by atoms with Crippen LogP contribution in [-0.2, 0) is 6.61 Å². The Kier molecular flexibility index (Phi) is 3.96. The van der Waals surface area contributed by atoms with Gasteiger partial charge in [0.15, 0.2) is 0 Å². The molecule has 0 atom stereocenters. The van der Waals surface area contributed by atoms with Gasteiger partial charge in [-0.2, -0.15) is 0 Å². The zero-order valence-corrected chi connectivity index (χ0v) is 11.9. The maximum Gasteiger partial charge on any atom is 0.0702 e. The van der Waals surface area contributed by atoms with E-state index < -0.39 is 0 Å². The summed E-state index contributed by atoms with van der Waals surface area (Å²) in [6.07, 6.45) is 3.78. The monoisotopic (exact) mass is 247 g/mol. The van der Waals surface area contributed by atoms with E-state index in [4.69, 9.17) is 0 Å². The number of anilines is 1. The maximum absolute atomic E-state index is 9.52. The minimum atomic E-state index is 0.138. The Balaban J connectivity index is 2.24. The van der Waals surface area contributed by atoms with Crippen molar-refractivity contribution >= 4 is 5.69 Å². The van der Waals surface area contributed by atoms with Crippen molar-refractivity contribution in [3.63, 3.8) is 0 Å². The highest BCUT2D eigenvalue weighted by molar-refractivity contribution is 5.55. The van der Waals surface area contributed by atoms with E-state index in [1.165, 1.54) is 30.5 Å². The topological polar surface area (TPSA) is 23.5 Å². The van der Waals surface area contributed by atoms with E-state index in [1.54, 1.807) is 0 Å². The molecule has 2 nitrogen and oxygen atoms in total. The molecule has 0 aliphatic carbocycles. The van der Waals surface area contributed by atoms with E-state index in [2.05, 4.69) is 43.9 Å². The van der Waals surface area contributed by atoms with Crippen LogP contribution in [0.5, 0.6) is 0 Å². The van der Waals surface area contributed by atoms with Crippen LogP contribution in [0.25, 0.3) is 0 Å². The zero-order valence-electron chi connectivity index (χ0n) is 11.9. The number of nitrogens with zero attached hydrogens (tertiary/aromatic N) is 1. The van der Waals surface area contributed by atoms with Crippen molar-refractivity contribution in [1.29, 1.82) is 0 Å². The summed E-state index contributed by atoms with van der Waals surface area (Å²) in [4.78, 5) is 2.46. The molecular formula is C16H25NO. The molecule has 100 valence electrons. The average molecular weight is 247 g/mol. The fourth-order valence-electron chi connectivity index (χ4n) is 3.12. The highest BCUT2D eigenvalue weighted by Gasteiger charge is 2.35. The summed E-state index contributed by atoms with van der Waals surface area (Å²) in [5.41, 5.74) is 4.00. The first-order chi connectivity index (χ1) is 8.64.